The van der Waals surface area contributed by atoms with Crippen molar-refractivity contribution in [3.63, 3.8) is 0 Å². The van der Waals surface area contributed by atoms with Crippen LogP contribution in [0.3, 0.4) is 0 Å². The minimum atomic E-state index is -1.56. The first-order chi connectivity index (χ1) is 14.6. The van der Waals surface area contributed by atoms with Gasteiger partial charge in [-0.25, -0.2) is 0 Å². The largest absolute Gasteiger partial charge is 0.144 e. The first kappa shape index (κ1) is 25.5. The summed E-state index contributed by atoms with van der Waals surface area (Å²) in [6.07, 6.45) is 15.6. The monoisotopic (exact) mass is 490 g/mol. The first-order valence-corrected chi connectivity index (χ1v) is 21.0. The van der Waals surface area contributed by atoms with Gasteiger partial charge in [0.15, 0.2) is 0 Å². The zero-order chi connectivity index (χ0) is 22.8. The highest BCUT2D eigenvalue weighted by Gasteiger charge is 2.45. The fourth-order valence-corrected chi connectivity index (χ4v) is 16.6. The second-order valence-corrected chi connectivity index (χ2v) is 23.3. The standard InChI is InChI=1S/C27H46S2Si2/c1-9-10-11-12-13-14-15-16-17-18-19-22-26-24(29-27(22)30(4,5)6)23-25(31(26,7)8)20(2)21(3)28-23/h9-19H2,1-8H3. The van der Waals surface area contributed by atoms with Crippen LogP contribution in [0.2, 0.25) is 32.7 Å². The molecule has 3 rings (SSSR count). The molecule has 0 unspecified atom stereocenters. The zero-order valence-electron chi connectivity index (χ0n) is 21.6. The summed E-state index contributed by atoms with van der Waals surface area (Å²) >= 11 is 4.30. The van der Waals surface area contributed by atoms with Gasteiger partial charge in [-0.3, -0.25) is 0 Å². The van der Waals surface area contributed by atoms with Crippen molar-refractivity contribution < 1.29 is 0 Å². The molecule has 2 aromatic heterocycles. The number of aryl methyl sites for hydroxylation is 1. The molecule has 0 N–H and O–H groups in total. The van der Waals surface area contributed by atoms with Crippen molar-refractivity contribution in [1.29, 1.82) is 0 Å². The topological polar surface area (TPSA) is 0 Å². The number of rotatable bonds is 12. The fourth-order valence-electron chi connectivity index (χ4n) is 5.58. The average molecular weight is 491 g/mol. The summed E-state index contributed by atoms with van der Waals surface area (Å²) in [5.41, 5.74) is 3.44. The fraction of sp³-hybridized carbons (Fsp3) is 0.704. The third-order valence-corrected chi connectivity index (χ3v) is 17.6. The van der Waals surface area contributed by atoms with Crippen LogP contribution < -0.4 is 14.9 Å². The predicted molar refractivity (Wildman–Crippen MR) is 152 cm³/mol. The molecule has 0 saturated heterocycles. The summed E-state index contributed by atoms with van der Waals surface area (Å²) in [7, 11) is -2.88. The Hall–Kier alpha value is -0.166. The van der Waals surface area contributed by atoms with Crippen LogP contribution in [0.1, 0.15) is 87.1 Å². The van der Waals surface area contributed by atoms with Gasteiger partial charge in [0.1, 0.15) is 8.07 Å². The summed E-state index contributed by atoms with van der Waals surface area (Å²) in [4.78, 5) is 4.92. The molecule has 0 amide bonds. The third-order valence-electron chi connectivity index (χ3n) is 7.31. The van der Waals surface area contributed by atoms with Crippen LogP contribution in [0.15, 0.2) is 0 Å². The molecule has 174 valence electrons. The molecule has 0 nitrogen and oxygen atoms in total. The lowest BCUT2D eigenvalue weighted by Gasteiger charge is -2.24. The van der Waals surface area contributed by atoms with E-state index in [0.717, 1.165) is 0 Å². The van der Waals surface area contributed by atoms with Crippen LogP contribution in [-0.2, 0) is 6.42 Å². The molecule has 1 aliphatic heterocycles. The van der Waals surface area contributed by atoms with E-state index in [1.165, 1.54) is 70.6 Å². The van der Waals surface area contributed by atoms with Crippen LogP contribution in [0.4, 0.5) is 0 Å². The van der Waals surface area contributed by atoms with Crippen LogP contribution in [0.25, 0.3) is 9.75 Å². The molecule has 0 spiro atoms. The summed E-state index contributed by atoms with van der Waals surface area (Å²) < 4.78 is 1.82. The third kappa shape index (κ3) is 5.33. The molecular weight excluding hydrogens is 445 g/mol. The van der Waals surface area contributed by atoms with E-state index in [0.29, 0.717) is 0 Å². The summed E-state index contributed by atoms with van der Waals surface area (Å²) in [5.74, 6) is 0. The number of unbranched alkanes of at least 4 members (excludes halogenated alkanes) is 9. The number of hydrogen-bond acceptors (Lipinski definition) is 2. The maximum atomic E-state index is 2.64. The van der Waals surface area contributed by atoms with Crippen LogP contribution in [0.5, 0.6) is 0 Å². The van der Waals surface area contributed by atoms with Crippen molar-refractivity contribution in [2.24, 2.45) is 0 Å². The van der Waals surface area contributed by atoms with E-state index in [1.54, 1.807) is 25.4 Å². The van der Waals surface area contributed by atoms with Gasteiger partial charge in [0.05, 0.1) is 8.07 Å². The van der Waals surface area contributed by atoms with Crippen molar-refractivity contribution >= 4 is 53.7 Å². The average Bonchev–Trinajstić information content (AvgIpc) is 3.28. The molecule has 1 aliphatic rings. The van der Waals surface area contributed by atoms with Gasteiger partial charge in [-0.05, 0) is 52.7 Å². The normalized spacial score (nSPS) is 14.8. The lowest BCUT2D eigenvalue weighted by Crippen LogP contribution is -2.53. The molecular formula is C27H46S2Si2. The van der Waals surface area contributed by atoms with Gasteiger partial charge in [-0.15, -0.1) is 22.7 Å². The predicted octanol–water partition coefficient (Wildman–Crippen LogP) is 8.24. The Morgan fingerprint density at radius 3 is 1.77 bits per heavy atom. The second-order valence-electron chi connectivity index (χ2n) is 11.4. The summed E-state index contributed by atoms with van der Waals surface area (Å²) in [5, 5.41) is 3.64. The SMILES string of the molecule is CCCCCCCCCCCCc1c([Si](C)(C)C)sc2c1[Si](C)(C)c1c-2sc(C)c1C. The summed E-state index contributed by atoms with van der Waals surface area (Å²) in [6.45, 7) is 20.0. The van der Waals surface area contributed by atoms with Crippen molar-refractivity contribution in [1.82, 2.24) is 0 Å². The maximum Gasteiger partial charge on any atom is 0.116 e. The molecule has 31 heavy (non-hydrogen) atoms. The van der Waals surface area contributed by atoms with Crippen LogP contribution >= 0.6 is 22.7 Å². The zero-order valence-corrected chi connectivity index (χ0v) is 25.2. The first-order valence-electron chi connectivity index (χ1n) is 12.9. The van der Waals surface area contributed by atoms with Gasteiger partial charge in [0.2, 0.25) is 0 Å². The Morgan fingerprint density at radius 1 is 0.710 bits per heavy atom. The highest BCUT2D eigenvalue weighted by atomic mass is 32.1. The number of fused-ring (bicyclic) bond motifs is 3. The molecule has 0 aliphatic carbocycles. The Bertz CT molecular complexity index is 880. The van der Waals surface area contributed by atoms with Gasteiger partial charge in [-0.1, -0.05) is 97.4 Å². The highest BCUT2D eigenvalue weighted by molar-refractivity contribution is 7.35. The minimum absolute atomic E-state index is 1.31. The van der Waals surface area contributed by atoms with Crippen molar-refractivity contribution in [3.8, 4) is 9.75 Å². The van der Waals surface area contributed by atoms with E-state index >= 15 is 0 Å². The molecule has 0 saturated carbocycles. The molecule has 0 bridgehead atoms. The Labute approximate surface area is 202 Å². The Balaban J connectivity index is 1.68. The van der Waals surface area contributed by atoms with Gasteiger partial charge in [0.25, 0.3) is 0 Å². The molecule has 4 heteroatoms. The molecule has 2 aromatic rings. The van der Waals surface area contributed by atoms with E-state index in [1.807, 2.05) is 15.3 Å². The van der Waals surface area contributed by atoms with Crippen molar-refractivity contribution in [2.45, 2.75) is 124 Å². The molecule has 3 heterocycles. The van der Waals surface area contributed by atoms with Gasteiger partial charge in [-0.2, -0.15) is 0 Å². The van der Waals surface area contributed by atoms with Gasteiger partial charge >= 0.3 is 0 Å². The lowest BCUT2D eigenvalue weighted by molar-refractivity contribution is 0.556. The quantitative estimate of drug-likeness (QED) is 0.207. The van der Waals surface area contributed by atoms with E-state index in [-0.39, 0.29) is 0 Å². The van der Waals surface area contributed by atoms with Gasteiger partial charge < -0.3 is 0 Å². The smallest absolute Gasteiger partial charge is 0.116 e. The lowest BCUT2D eigenvalue weighted by atomic mass is 10.0. The molecule has 0 radical (unpaired) electrons. The van der Waals surface area contributed by atoms with E-state index < -0.39 is 16.1 Å². The highest BCUT2D eigenvalue weighted by Crippen LogP contribution is 2.41. The van der Waals surface area contributed by atoms with E-state index in [4.69, 9.17) is 0 Å². The Kier molecular flexibility index (Phi) is 8.54. The maximum absolute atomic E-state index is 2.64. The van der Waals surface area contributed by atoms with E-state index in [9.17, 15) is 0 Å². The molecule has 0 fully saturated rings. The number of thiophene rings is 2. The molecule has 0 atom stereocenters. The van der Waals surface area contributed by atoms with Crippen LogP contribution in [-0.4, -0.2) is 16.1 Å². The van der Waals surface area contributed by atoms with Crippen molar-refractivity contribution in [3.05, 3.63) is 16.0 Å². The summed E-state index contributed by atoms with van der Waals surface area (Å²) in [6, 6.07) is 0. The van der Waals surface area contributed by atoms with Gasteiger partial charge in [0, 0.05) is 14.6 Å². The van der Waals surface area contributed by atoms with Crippen LogP contribution in [0, 0.1) is 13.8 Å². The minimum Gasteiger partial charge on any atom is -0.144 e. The van der Waals surface area contributed by atoms with Crippen molar-refractivity contribution in [2.75, 3.05) is 0 Å². The molecule has 0 aromatic carbocycles. The number of hydrogen-bond donors (Lipinski definition) is 0. The second kappa shape index (κ2) is 10.4. The van der Waals surface area contributed by atoms with E-state index in [2.05, 4.69) is 76.2 Å². The Morgan fingerprint density at radius 2 is 1.23 bits per heavy atom.